The Kier molecular flexibility index (Phi) is 27.0. The number of rotatable bonds is 31. The summed E-state index contributed by atoms with van der Waals surface area (Å²) < 4.78 is 5.74. The minimum atomic E-state index is -0.684. The summed E-state index contributed by atoms with van der Waals surface area (Å²) in [5.74, 6) is -0.0912. The third-order valence-corrected chi connectivity index (χ3v) is 8.56. The monoisotopic (exact) mass is 604 g/mol. The molecular weight excluding hydrogens is 534 g/mol. The molecule has 1 aliphatic rings. The third kappa shape index (κ3) is 24.6. The van der Waals surface area contributed by atoms with Crippen molar-refractivity contribution in [2.24, 2.45) is 0 Å². The second-order valence-corrected chi connectivity index (χ2v) is 12.7. The number of hydrogen-bond donors (Lipinski definition) is 3. The molecule has 1 amide bonds. The van der Waals surface area contributed by atoms with E-state index in [-0.39, 0.29) is 12.5 Å². The highest BCUT2D eigenvalue weighted by Gasteiger charge is 2.35. The van der Waals surface area contributed by atoms with Crippen LogP contribution < -0.4 is 5.32 Å². The standard InChI is InChI=1S/C38H69NO4/c1-3-5-7-9-11-12-13-14-15-16-18-21-25-29-35(41)34(33-40)39-38(42)32-28-24-20-17-19-23-27-31-37-36(43-37)30-26-22-10-8-6-4-2/h17,20,22-23,26-27,34-37,40-41H,3-16,18-19,21,24-25,28-33H2,1-2H3,(H,39,42)/b20-17-,26-22-,27-23-/t34-,35+,36?,37?/m0/s1. The van der Waals surface area contributed by atoms with Crippen LogP contribution >= 0.6 is 0 Å². The minimum Gasteiger partial charge on any atom is -0.394 e. The summed E-state index contributed by atoms with van der Waals surface area (Å²) in [6, 6.07) is -0.567. The second-order valence-electron chi connectivity index (χ2n) is 12.7. The fraction of sp³-hybridized carbons (Fsp3) is 0.816. The van der Waals surface area contributed by atoms with E-state index in [4.69, 9.17) is 4.74 Å². The second kappa shape index (κ2) is 29.3. The molecule has 250 valence electrons. The van der Waals surface area contributed by atoms with Crippen molar-refractivity contribution in [2.75, 3.05) is 6.61 Å². The molecule has 5 heteroatoms. The van der Waals surface area contributed by atoms with Crippen LogP contribution in [0.1, 0.15) is 168 Å². The van der Waals surface area contributed by atoms with Crippen molar-refractivity contribution in [3.05, 3.63) is 36.5 Å². The number of aliphatic hydroxyl groups excluding tert-OH is 2. The zero-order valence-electron chi connectivity index (χ0n) is 28.2. The van der Waals surface area contributed by atoms with Gasteiger partial charge in [0, 0.05) is 6.42 Å². The van der Waals surface area contributed by atoms with Crippen LogP contribution in [0.5, 0.6) is 0 Å². The normalized spacial score (nSPS) is 18.2. The lowest BCUT2D eigenvalue weighted by Crippen LogP contribution is -2.45. The van der Waals surface area contributed by atoms with E-state index in [1.165, 1.54) is 96.3 Å². The Labute approximate surface area is 266 Å². The molecule has 1 aliphatic heterocycles. The van der Waals surface area contributed by atoms with E-state index in [9.17, 15) is 15.0 Å². The average molecular weight is 604 g/mol. The first-order valence-electron chi connectivity index (χ1n) is 18.3. The summed E-state index contributed by atoms with van der Waals surface area (Å²) in [5, 5.41) is 23.0. The molecule has 1 saturated heterocycles. The SMILES string of the molecule is CCCCC/C=C\CC1OC1C/C=C\C/C=C\CCCC(=O)N[C@@H](CO)[C@H](O)CCCCCCCCCCCCCCC. The van der Waals surface area contributed by atoms with Crippen LogP contribution in [-0.2, 0) is 9.53 Å². The van der Waals surface area contributed by atoms with Crippen LogP contribution in [0.25, 0.3) is 0 Å². The quantitative estimate of drug-likeness (QED) is 0.0418. The van der Waals surface area contributed by atoms with Gasteiger partial charge in [0.25, 0.3) is 0 Å². The zero-order valence-corrected chi connectivity index (χ0v) is 28.2. The van der Waals surface area contributed by atoms with E-state index in [1.807, 2.05) is 0 Å². The van der Waals surface area contributed by atoms with Gasteiger partial charge in [-0.25, -0.2) is 0 Å². The molecular formula is C38H69NO4. The fourth-order valence-electron chi connectivity index (χ4n) is 5.57. The van der Waals surface area contributed by atoms with Crippen LogP contribution in [0.3, 0.4) is 0 Å². The van der Waals surface area contributed by atoms with E-state index >= 15 is 0 Å². The maximum absolute atomic E-state index is 12.3. The number of amides is 1. The Balaban J connectivity index is 1.96. The number of unbranched alkanes of at least 4 members (excludes halogenated alkanes) is 16. The summed E-state index contributed by atoms with van der Waals surface area (Å²) >= 11 is 0. The zero-order chi connectivity index (χ0) is 31.2. The van der Waals surface area contributed by atoms with Crippen LogP contribution in [0.4, 0.5) is 0 Å². The summed E-state index contributed by atoms with van der Waals surface area (Å²) in [7, 11) is 0. The fourth-order valence-corrected chi connectivity index (χ4v) is 5.57. The molecule has 0 radical (unpaired) electrons. The average Bonchev–Trinajstić information content (AvgIpc) is 3.76. The Bertz CT molecular complexity index is 719. The first-order chi connectivity index (χ1) is 21.1. The van der Waals surface area contributed by atoms with E-state index in [0.29, 0.717) is 25.0 Å². The Hall–Kier alpha value is -1.43. The summed E-state index contributed by atoms with van der Waals surface area (Å²) in [4.78, 5) is 12.3. The van der Waals surface area contributed by atoms with Crippen molar-refractivity contribution in [2.45, 2.75) is 192 Å². The lowest BCUT2D eigenvalue weighted by molar-refractivity contribution is -0.123. The molecule has 0 bridgehead atoms. The Morgan fingerprint density at radius 2 is 1.16 bits per heavy atom. The largest absolute Gasteiger partial charge is 0.394 e. The minimum absolute atomic E-state index is 0.0912. The van der Waals surface area contributed by atoms with Crippen molar-refractivity contribution in [1.82, 2.24) is 5.32 Å². The first-order valence-corrected chi connectivity index (χ1v) is 18.3. The molecule has 3 N–H and O–H groups in total. The van der Waals surface area contributed by atoms with Crippen molar-refractivity contribution >= 4 is 5.91 Å². The first kappa shape index (κ1) is 39.6. The molecule has 0 aromatic heterocycles. The molecule has 1 rings (SSSR count). The molecule has 5 nitrogen and oxygen atoms in total. The van der Waals surface area contributed by atoms with Gasteiger partial charge in [0.05, 0.1) is 31.0 Å². The maximum Gasteiger partial charge on any atom is 0.220 e. The van der Waals surface area contributed by atoms with E-state index in [1.54, 1.807) is 0 Å². The molecule has 4 atom stereocenters. The lowest BCUT2D eigenvalue weighted by atomic mass is 10.0. The van der Waals surface area contributed by atoms with Crippen LogP contribution in [0.15, 0.2) is 36.5 Å². The van der Waals surface area contributed by atoms with E-state index < -0.39 is 12.1 Å². The van der Waals surface area contributed by atoms with Gasteiger partial charge in [0.2, 0.25) is 5.91 Å². The predicted octanol–water partition coefficient (Wildman–Crippen LogP) is 9.66. The van der Waals surface area contributed by atoms with Gasteiger partial charge in [-0.3, -0.25) is 4.79 Å². The molecule has 0 aromatic carbocycles. The van der Waals surface area contributed by atoms with Gasteiger partial charge in [0.1, 0.15) is 0 Å². The number of aliphatic hydroxyl groups is 2. The number of ether oxygens (including phenoxy) is 1. The van der Waals surface area contributed by atoms with Gasteiger partial charge >= 0.3 is 0 Å². The van der Waals surface area contributed by atoms with Crippen molar-refractivity contribution < 1.29 is 19.7 Å². The van der Waals surface area contributed by atoms with Gasteiger partial charge < -0.3 is 20.3 Å². The predicted molar refractivity (Wildman–Crippen MR) is 183 cm³/mol. The van der Waals surface area contributed by atoms with Crippen molar-refractivity contribution in [3.8, 4) is 0 Å². The lowest BCUT2D eigenvalue weighted by Gasteiger charge is -2.22. The Morgan fingerprint density at radius 3 is 1.77 bits per heavy atom. The molecule has 1 fully saturated rings. The molecule has 2 unspecified atom stereocenters. The number of carbonyl (C=O) groups excluding carboxylic acids is 1. The number of carbonyl (C=O) groups is 1. The van der Waals surface area contributed by atoms with Gasteiger partial charge in [-0.05, 0) is 51.4 Å². The number of hydrogen-bond acceptors (Lipinski definition) is 4. The molecule has 0 aromatic rings. The summed E-state index contributed by atoms with van der Waals surface area (Å²) in [6.45, 7) is 4.28. The van der Waals surface area contributed by atoms with E-state index in [2.05, 4.69) is 55.6 Å². The van der Waals surface area contributed by atoms with E-state index in [0.717, 1.165) is 44.9 Å². The highest BCUT2D eigenvalue weighted by Crippen LogP contribution is 2.29. The highest BCUT2D eigenvalue weighted by molar-refractivity contribution is 5.76. The molecule has 0 spiro atoms. The van der Waals surface area contributed by atoms with Gasteiger partial charge in [-0.15, -0.1) is 0 Å². The molecule has 43 heavy (non-hydrogen) atoms. The molecule has 1 heterocycles. The third-order valence-electron chi connectivity index (χ3n) is 8.56. The van der Waals surface area contributed by atoms with Gasteiger partial charge in [0.15, 0.2) is 0 Å². The molecule has 0 saturated carbocycles. The topological polar surface area (TPSA) is 82.1 Å². The van der Waals surface area contributed by atoms with Crippen LogP contribution in [0, 0.1) is 0 Å². The van der Waals surface area contributed by atoms with Crippen LogP contribution in [-0.4, -0.2) is 47.1 Å². The van der Waals surface area contributed by atoms with Gasteiger partial charge in [-0.1, -0.05) is 147 Å². The smallest absolute Gasteiger partial charge is 0.220 e. The highest BCUT2D eigenvalue weighted by atomic mass is 16.6. The van der Waals surface area contributed by atoms with Crippen LogP contribution in [0.2, 0.25) is 0 Å². The Morgan fingerprint density at radius 1 is 0.674 bits per heavy atom. The summed E-state index contributed by atoms with van der Waals surface area (Å²) in [5.41, 5.74) is 0. The maximum atomic E-state index is 12.3. The number of nitrogens with one attached hydrogen (secondary N) is 1. The number of allylic oxidation sites excluding steroid dienone is 4. The summed E-state index contributed by atoms with van der Waals surface area (Å²) in [6.07, 6.45) is 40.8. The van der Waals surface area contributed by atoms with Crippen molar-refractivity contribution in [3.63, 3.8) is 0 Å². The van der Waals surface area contributed by atoms with Gasteiger partial charge in [-0.2, -0.15) is 0 Å². The van der Waals surface area contributed by atoms with Crippen molar-refractivity contribution in [1.29, 1.82) is 0 Å². The number of epoxide rings is 1. The molecule has 0 aliphatic carbocycles.